The second kappa shape index (κ2) is 30.2. The minimum atomic E-state index is -2.30. The van der Waals surface area contributed by atoms with Crippen LogP contribution < -0.4 is 62.9 Å². The summed E-state index contributed by atoms with van der Waals surface area (Å²) < 4.78 is 27.0. The molecule has 2 fully saturated rings. The number of carbonyl (C=O) groups is 8. The molecule has 21 N–H and O–H groups in total. The van der Waals surface area contributed by atoms with Crippen LogP contribution in [0.5, 0.6) is 46.0 Å². The third kappa shape index (κ3) is 15.8. The van der Waals surface area contributed by atoms with Crippen LogP contribution in [0.1, 0.15) is 118 Å². The molecule has 31 nitrogen and oxygen atoms in total. The fraction of sp³-hybridized carbons (Fsp3) is 0.441. The largest absolute Gasteiger partial charge is 0.508 e. The van der Waals surface area contributed by atoms with E-state index in [1.165, 1.54) is 37.4 Å². The van der Waals surface area contributed by atoms with Crippen molar-refractivity contribution in [2.24, 2.45) is 29.2 Å². The first kappa shape index (κ1) is 74.6. The number of aliphatic hydroxyl groups excluding tert-OH is 6. The Labute approximate surface area is 586 Å². The molecule has 2 aliphatic carbocycles. The molecule has 101 heavy (non-hydrogen) atoms. The second-order valence-corrected chi connectivity index (χ2v) is 27.6. The van der Waals surface area contributed by atoms with Crippen LogP contribution in [0, 0.1) is 17.8 Å². The third-order valence-corrected chi connectivity index (χ3v) is 19.3. The minimum absolute atomic E-state index is 0.0340. The van der Waals surface area contributed by atoms with Gasteiger partial charge in [0.05, 0.1) is 40.8 Å². The molecule has 7 aliphatic rings. The standard InChI is InChI=1S/C68H79Cl2N9O22/c1-25(2)12-38(73-5)61(90)78-52-54(85)28-7-10-42(36(69)15-28)99-44-17-30-18-45(58(44)101-46-19-31(24-80)56(87)57(88)59(46)98-33-13-26(3)60(89)68(4,72)23-33)100-43-11-8-29(16-37(43)70)55(86)53-66(95)77-51(67(96)97)35-20-32(81)21-41(83)48(35)34-14-27(6-9-40(34)82)49(63(92)79-53)76-64(93)50(30)75-62(91)39(22-47(71)84)74-65(52)94/h6-11,14-18,20-21,25-26,31,33,38-39,46,49-57,59-60,73,80-83,85-89H,12-13,19,22-24,72H2,1-5H3,(H2,71,84)(H,74,94)(H,75,91)(H,76,93)(H,77,95)(H,78,90)(H,79,92)(H,96,97)/t26?,31?,33?,38-,39+,46?,49-,50-,51?,52-,53+,54-,55-,56?,57?,59?,60?,68?/m1/s1. The third-order valence-electron chi connectivity index (χ3n) is 18.8. The first-order chi connectivity index (χ1) is 47.7. The minimum Gasteiger partial charge on any atom is -0.508 e. The molecule has 5 aliphatic heterocycles. The second-order valence-electron chi connectivity index (χ2n) is 26.8. The van der Waals surface area contributed by atoms with Gasteiger partial charge in [-0.3, -0.25) is 33.6 Å². The molecule has 0 spiro atoms. The topological polar surface area (TPSA) is 512 Å². The normalized spacial score (nSPS) is 29.4. The number of fused-ring (bicyclic) bond motifs is 15. The molecule has 5 aromatic rings. The van der Waals surface area contributed by atoms with Crippen LogP contribution in [0.2, 0.25) is 10.0 Å². The van der Waals surface area contributed by atoms with E-state index in [0.717, 1.165) is 48.5 Å². The summed E-state index contributed by atoms with van der Waals surface area (Å²) in [6.45, 7) is 6.30. The number of phenols is 3. The van der Waals surface area contributed by atoms with Gasteiger partial charge in [0.15, 0.2) is 17.5 Å². The highest BCUT2D eigenvalue weighted by molar-refractivity contribution is 6.32. The lowest BCUT2D eigenvalue weighted by atomic mass is 9.74. The lowest BCUT2D eigenvalue weighted by Crippen LogP contribution is -2.61. The zero-order chi connectivity index (χ0) is 73.5. The molecule has 18 atom stereocenters. The number of phenolic OH excluding ortho intramolecular Hbond substituents is 3. The van der Waals surface area contributed by atoms with E-state index in [4.69, 9.17) is 53.6 Å². The van der Waals surface area contributed by atoms with E-state index in [-0.39, 0.29) is 64.8 Å². The highest BCUT2D eigenvalue weighted by Crippen LogP contribution is 2.50. The van der Waals surface area contributed by atoms with Gasteiger partial charge in [-0.25, -0.2) is 4.79 Å². The summed E-state index contributed by atoms with van der Waals surface area (Å²) in [5.41, 5.74) is 8.49. The molecule has 0 radical (unpaired) electrons. The molecule has 0 aromatic heterocycles. The number of benzene rings is 5. The summed E-state index contributed by atoms with van der Waals surface area (Å²) in [4.78, 5) is 117. The van der Waals surface area contributed by atoms with Crippen LogP contribution in [0.3, 0.4) is 0 Å². The number of halogens is 2. The Kier molecular flexibility index (Phi) is 22.3. The summed E-state index contributed by atoms with van der Waals surface area (Å²) >= 11 is 14.2. The summed E-state index contributed by atoms with van der Waals surface area (Å²) in [5, 5.41) is 131. The SMILES string of the molecule is CN[C@H](CC(C)C)C(=O)N[C@H]1C(=O)N[C@@H](CC(N)=O)C(=O)N[C@H]2C(=O)N[C@H]3C(=O)N[C@H](C(=O)NC(C(=O)O)c4cc(O)cc(O)c4-c4cc3ccc4O)[C@H](O)c3ccc(c(Cl)c3)Oc3cc2cc(c3OC2CC(CO)C(O)C(O)C2OC2CC(C)C(O)C(C)(N)C2)Oc2ccc(cc2Cl)[C@H]1O. The van der Waals surface area contributed by atoms with Crippen LogP contribution >= 0.6 is 23.2 Å². The number of nitrogens with one attached hydrogen (secondary N) is 7. The molecule has 33 heteroatoms. The number of carbonyl (C=O) groups excluding carboxylic acids is 7. The zero-order valence-corrected chi connectivity index (χ0v) is 56.4. The number of ether oxygens (including phenoxy) is 4. The summed E-state index contributed by atoms with van der Waals surface area (Å²) in [5.74, 6) is -16.8. The van der Waals surface area contributed by atoms with E-state index in [9.17, 15) is 75.0 Å². The highest BCUT2D eigenvalue weighted by Gasteiger charge is 2.50. The van der Waals surface area contributed by atoms with Gasteiger partial charge in [0.25, 0.3) is 0 Å². The van der Waals surface area contributed by atoms with Crippen molar-refractivity contribution in [3.05, 3.63) is 117 Å². The summed E-state index contributed by atoms with van der Waals surface area (Å²) in [7, 11) is 1.48. The molecule has 2 saturated carbocycles. The molecule has 7 amide bonds. The molecular weight excluding hydrogens is 1370 g/mol. The van der Waals surface area contributed by atoms with Crippen molar-refractivity contribution in [2.45, 2.75) is 156 Å². The van der Waals surface area contributed by atoms with Crippen LogP contribution in [-0.4, -0.2) is 178 Å². The first-order valence-electron chi connectivity index (χ1n) is 32.3. The van der Waals surface area contributed by atoms with Gasteiger partial charge < -0.3 is 119 Å². The van der Waals surface area contributed by atoms with Gasteiger partial charge in [0.1, 0.15) is 89.5 Å². The van der Waals surface area contributed by atoms with Crippen molar-refractivity contribution in [1.29, 1.82) is 0 Å². The summed E-state index contributed by atoms with van der Waals surface area (Å²) in [6.07, 6.45) is -13.4. The highest BCUT2D eigenvalue weighted by atomic mass is 35.5. The Bertz CT molecular complexity index is 4070. The van der Waals surface area contributed by atoms with E-state index < -0.39 is 231 Å². The van der Waals surface area contributed by atoms with Gasteiger partial charge in [0.2, 0.25) is 47.1 Å². The van der Waals surface area contributed by atoms with Gasteiger partial charge in [-0.1, -0.05) is 62.2 Å². The maximum Gasteiger partial charge on any atom is 0.330 e. The number of carboxylic acid groups (broad SMARTS) is 1. The number of aliphatic carboxylic acids is 1. The molecule has 12 rings (SSSR count). The predicted octanol–water partition coefficient (Wildman–Crippen LogP) is 1.43. The van der Waals surface area contributed by atoms with E-state index in [1.54, 1.807) is 13.8 Å². The van der Waals surface area contributed by atoms with Crippen LogP contribution in [0.15, 0.2) is 78.9 Å². The lowest BCUT2D eigenvalue weighted by molar-refractivity contribution is -0.204. The lowest BCUT2D eigenvalue weighted by Gasteiger charge is -2.47. The van der Waals surface area contributed by atoms with Crippen LogP contribution in [0.4, 0.5) is 0 Å². The van der Waals surface area contributed by atoms with Gasteiger partial charge in [-0.05, 0) is 128 Å². The molecule has 5 heterocycles. The number of rotatable bonds is 13. The molecule has 542 valence electrons. The Morgan fingerprint density at radius 2 is 1.32 bits per heavy atom. The van der Waals surface area contributed by atoms with Crippen molar-refractivity contribution < 1.29 is 108 Å². The fourth-order valence-corrected chi connectivity index (χ4v) is 14.0. The van der Waals surface area contributed by atoms with Gasteiger partial charge in [0, 0.05) is 40.8 Å². The number of hydrogen-bond acceptors (Lipinski definition) is 23. The Hall–Kier alpha value is -9.12. The van der Waals surface area contributed by atoms with Gasteiger partial charge in [-0.2, -0.15) is 0 Å². The molecule has 0 saturated heterocycles. The number of nitrogens with two attached hydrogens (primary N) is 2. The number of amides is 7. The molecule has 11 bridgehead atoms. The number of likely N-dealkylation sites (N-methyl/N-ethyl adjacent to an activating group) is 1. The number of hydrogen-bond donors (Lipinski definition) is 19. The first-order valence-corrected chi connectivity index (χ1v) is 33.1. The molecule has 5 aromatic carbocycles. The monoisotopic (exact) mass is 1440 g/mol. The smallest absolute Gasteiger partial charge is 0.330 e. The number of primary amides is 1. The van der Waals surface area contributed by atoms with E-state index >= 15 is 14.4 Å². The van der Waals surface area contributed by atoms with E-state index in [2.05, 4.69) is 37.2 Å². The maximum atomic E-state index is 16.0. The summed E-state index contributed by atoms with van der Waals surface area (Å²) in [6, 6.07) is -0.0111. The quantitative estimate of drug-likeness (QED) is 0.0793. The van der Waals surface area contributed by atoms with Crippen molar-refractivity contribution in [3.8, 4) is 57.1 Å². The van der Waals surface area contributed by atoms with E-state index in [0.29, 0.717) is 0 Å². The van der Waals surface area contributed by atoms with Gasteiger partial charge in [-0.15, -0.1) is 0 Å². The average molecular weight is 1450 g/mol. The van der Waals surface area contributed by atoms with Crippen molar-refractivity contribution >= 4 is 70.5 Å². The maximum absolute atomic E-state index is 16.0. The number of carboxylic acids is 1. The van der Waals surface area contributed by atoms with E-state index in [1.807, 2.05) is 13.8 Å². The van der Waals surface area contributed by atoms with Crippen molar-refractivity contribution in [2.75, 3.05) is 13.7 Å². The van der Waals surface area contributed by atoms with Crippen molar-refractivity contribution in [1.82, 2.24) is 37.2 Å². The number of aromatic hydroxyl groups is 3. The molecular formula is C68H79Cl2N9O22. The van der Waals surface area contributed by atoms with Gasteiger partial charge >= 0.3 is 5.97 Å². The Balaban J connectivity index is 1.24. The average Bonchev–Trinajstić information content (AvgIpc) is 0.779. The fourth-order valence-electron chi connectivity index (χ4n) is 13.5. The zero-order valence-electron chi connectivity index (χ0n) is 54.9. The van der Waals surface area contributed by atoms with Crippen LogP contribution in [-0.2, 0) is 43.1 Å². The Morgan fingerprint density at radius 1 is 0.713 bits per heavy atom. The predicted molar refractivity (Wildman–Crippen MR) is 356 cm³/mol. The molecule has 10 unspecified atom stereocenters. The number of aliphatic hydroxyl groups is 6. The van der Waals surface area contributed by atoms with Crippen LogP contribution in [0.25, 0.3) is 11.1 Å². The Morgan fingerprint density at radius 3 is 1.90 bits per heavy atom. The van der Waals surface area contributed by atoms with Crippen molar-refractivity contribution in [3.63, 3.8) is 0 Å².